The summed E-state index contributed by atoms with van der Waals surface area (Å²) in [6.45, 7) is 5.11. The number of esters is 2. The molecule has 1 N–H and O–H groups in total. The Hall–Kier alpha value is -1.79. The van der Waals surface area contributed by atoms with E-state index in [9.17, 15) is 9.59 Å². The molecule has 2 aliphatic rings. The Morgan fingerprint density at radius 2 is 1.89 bits per heavy atom. The number of carbonyl (C=O) groups excluding carboxylic acids is 2. The molecule has 0 amide bonds. The molecule has 28 heavy (non-hydrogen) atoms. The maximum atomic E-state index is 12.2. The first-order valence-corrected chi connectivity index (χ1v) is 10.4. The molecule has 1 saturated heterocycles. The predicted molar refractivity (Wildman–Crippen MR) is 106 cm³/mol. The van der Waals surface area contributed by atoms with Crippen molar-refractivity contribution in [2.24, 2.45) is 11.8 Å². The van der Waals surface area contributed by atoms with Crippen molar-refractivity contribution >= 4 is 23.5 Å². The molecule has 1 aromatic carbocycles. The van der Waals surface area contributed by atoms with Gasteiger partial charge in [0.1, 0.15) is 17.4 Å². The van der Waals surface area contributed by atoms with Crippen LogP contribution >= 0.6 is 11.6 Å². The number of fused-ring (bicyclic) bond motifs is 1. The highest BCUT2D eigenvalue weighted by molar-refractivity contribution is 6.30. The maximum absolute atomic E-state index is 12.2. The lowest BCUT2D eigenvalue weighted by Crippen LogP contribution is -2.51. The summed E-state index contributed by atoms with van der Waals surface area (Å²) < 4.78 is 16.5. The number of rotatable bonds is 6. The summed E-state index contributed by atoms with van der Waals surface area (Å²) in [7, 11) is 0. The summed E-state index contributed by atoms with van der Waals surface area (Å²) in [5, 5.41) is 3.83. The molecule has 6 nitrogen and oxygen atoms in total. The largest absolute Gasteiger partial charge is 0.489 e. The second-order valence-corrected chi connectivity index (χ2v) is 7.82. The number of piperidine rings is 1. The summed E-state index contributed by atoms with van der Waals surface area (Å²) in [6, 6.07) is 4.72. The zero-order valence-electron chi connectivity index (χ0n) is 16.4. The SMILES string of the molecule is CCOC(=O)c1ccc(Cl)cc1OC1CCC2CN[C@H](C(=O)OCC)C[C@@H]2C1. The van der Waals surface area contributed by atoms with Crippen LogP contribution in [0.1, 0.15) is 49.9 Å². The molecular formula is C21H28ClNO5. The van der Waals surface area contributed by atoms with Crippen molar-refractivity contribution in [3.8, 4) is 5.75 Å². The van der Waals surface area contributed by atoms with E-state index in [0.717, 1.165) is 32.2 Å². The first-order valence-electron chi connectivity index (χ1n) is 10.0. The number of benzene rings is 1. The second-order valence-electron chi connectivity index (χ2n) is 7.38. The molecule has 1 aromatic rings. The van der Waals surface area contributed by atoms with Crippen LogP contribution in [0.15, 0.2) is 18.2 Å². The van der Waals surface area contributed by atoms with E-state index < -0.39 is 5.97 Å². The molecule has 2 fully saturated rings. The highest BCUT2D eigenvalue weighted by Crippen LogP contribution is 2.38. The van der Waals surface area contributed by atoms with Crippen molar-refractivity contribution < 1.29 is 23.8 Å². The molecule has 0 spiro atoms. The Bertz CT molecular complexity index is 710. The number of ether oxygens (including phenoxy) is 3. The van der Waals surface area contributed by atoms with E-state index in [1.54, 1.807) is 25.1 Å². The Labute approximate surface area is 170 Å². The summed E-state index contributed by atoms with van der Waals surface area (Å²) in [6.07, 6.45) is 3.50. The van der Waals surface area contributed by atoms with Gasteiger partial charge in [-0.15, -0.1) is 0 Å². The van der Waals surface area contributed by atoms with Crippen LogP contribution in [0, 0.1) is 11.8 Å². The van der Waals surface area contributed by atoms with Gasteiger partial charge in [-0.05, 0) is 76.1 Å². The van der Waals surface area contributed by atoms with Crippen molar-refractivity contribution in [2.45, 2.75) is 51.7 Å². The minimum absolute atomic E-state index is 0.0196. The lowest BCUT2D eigenvalue weighted by molar-refractivity contribution is -0.147. The highest BCUT2D eigenvalue weighted by Gasteiger charge is 2.39. The normalized spacial score (nSPS) is 26.8. The van der Waals surface area contributed by atoms with Crippen LogP contribution < -0.4 is 10.1 Å². The number of halogens is 1. The van der Waals surface area contributed by atoms with E-state index in [2.05, 4.69) is 5.32 Å². The third-order valence-corrected chi connectivity index (χ3v) is 5.80. The molecule has 7 heteroatoms. The van der Waals surface area contributed by atoms with Crippen LogP contribution in [0.3, 0.4) is 0 Å². The van der Waals surface area contributed by atoms with Gasteiger partial charge in [0.2, 0.25) is 0 Å². The second kappa shape index (κ2) is 9.61. The van der Waals surface area contributed by atoms with Crippen LogP contribution in [0.4, 0.5) is 0 Å². The molecular weight excluding hydrogens is 382 g/mol. The molecule has 1 heterocycles. The van der Waals surface area contributed by atoms with E-state index in [1.165, 1.54) is 0 Å². The van der Waals surface area contributed by atoms with Crippen molar-refractivity contribution in [3.63, 3.8) is 0 Å². The van der Waals surface area contributed by atoms with Gasteiger partial charge in [0.05, 0.1) is 19.3 Å². The lowest BCUT2D eigenvalue weighted by atomic mass is 9.72. The van der Waals surface area contributed by atoms with Crippen LogP contribution in [-0.4, -0.2) is 43.8 Å². The van der Waals surface area contributed by atoms with E-state index in [0.29, 0.717) is 41.4 Å². The average Bonchev–Trinajstić information content (AvgIpc) is 2.68. The predicted octanol–water partition coefficient (Wildman–Crippen LogP) is 3.61. The van der Waals surface area contributed by atoms with E-state index in [1.807, 2.05) is 6.92 Å². The van der Waals surface area contributed by atoms with Gasteiger partial charge in [0.25, 0.3) is 0 Å². The third-order valence-electron chi connectivity index (χ3n) is 5.56. The number of hydrogen-bond acceptors (Lipinski definition) is 6. The van der Waals surface area contributed by atoms with Crippen molar-refractivity contribution in [1.29, 1.82) is 0 Å². The fraction of sp³-hybridized carbons (Fsp3) is 0.619. The Kier molecular flexibility index (Phi) is 7.18. The summed E-state index contributed by atoms with van der Waals surface area (Å²) in [4.78, 5) is 24.3. The number of nitrogens with one attached hydrogen (secondary N) is 1. The molecule has 1 aliphatic carbocycles. The van der Waals surface area contributed by atoms with Gasteiger partial charge in [0, 0.05) is 5.02 Å². The first kappa shape index (κ1) is 20.9. The minimum atomic E-state index is -0.410. The molecule has 0 bridgehead atoms. The van der Waals surface area contributed by atoms with Gasteiger partial charge < -0.3 is 19.5 Å². The van der Waals surface area contributed by atoms with Crippen LogP contribution in [0.2, 0.25) is 5.02 Å². The lowest BCUT2D eigenvalue weighted by Gasteiger charge is -2.41. The topological polar surface area (TPSA) is 73.9 Å². The van der Waals surface area contributed by atoms with Crippen LogP contribution in [-0.2, 0) is 14.3 Å². The molecule has 0 aromatic heterocycles. The molecule has 154 valence electrons. The van der Waals surface area contributed by atoms with Crippen molar-refractivity contribution in [2.75, 3.05) is 19.8 Å². The Morgan fingerprint density at radius 3 is 2.64 bits per heavy atom. The molecule has 4 atom stereocenters. The van der Waals surface area contributed by atoms with Gasteiger partial charge in [-0.3, -0.25) is 4.79 Å². The number of hydrogen-bond donors (Lipinski definition) is 1. The van der Waals surface area contributed by atoms with Gasteiger partial charge in [-0.2, -0.15) is 0 Å². The zero-order chi connectivity index (χ0) is 20.1. The van der Waals surface area contributed by atoms with Crippen molar-refractivity contribution in [3.05, 3.63) is 28.8 Å². The molecule has 3 rings (SSSR count). The molecule has 0 radical (unpaired) electrons. The third kappa shape index (κ3) is 4.97. The summed E-state index contributed by atoms with van der Waals surface area (Å²) in [5.74, 6) is 0.801. The molecule has 2 unspecified atom stereocenters. The first-order chi connectivity index (χ1) is 13.5. The summed E-state index contributed by atoms with van der Waals surface area (Å²) >= 11 is 6.12. The molecule has 1 aliphatic heterocycles. The standard InChI is InChI=1S/C21H28ClNO5/c1-3-26-20(24)17-8-6-15(22)11-19(17)28-16-7-5-13-12-23-18(10-14(13)9-16)21(25)27-4-2/h6,8,11,13-14,16,18,23H,3-5,7,9-10,12H2,1-2H3/t13?,14-,16?,18-/m0/s1. The fourth-order valence-electron chi connectivity index (χ4n) is 4.20. The van der Waals surface area contributed by atoms with E-state index in [4.69, 9.17) is 25.8 Å². The zero-order valence-corrected chi connectivity index (χ0v) is 17.2. The Morgan fingerprint density at radius 1 is 1.11 bits per heavy atom. The van der Waals surface area contributed by atoms with Crippen LogP contribution in [0.25, 0.3) is 0 Å². The Balaban J connectivity index is 1.67. The van der Waals surface area contributed by atoms with Crippen molar-refractivity contribution in [1.82, 2.24) is 5.32 Å². The van der Waals surface area contributed by atoms with Gasteiger partial charge >= 0.3 is 11.9 Å². The average molecular weight is 410 g/mol. The minimum Gasteiger partial charge on any atom is -0.489 e. The maximum Gasteiger partial charge on any atom is 0.341 e. The van der Waals surface area contributed by atoms with Gasteiger partial charge in [-0.1, -0.05) is 11.6 Å². The summed E-state index contributed by atoms with van der Waals surface area (Å²) in [5.41, 5.74) is 0.392. The smallest absolute Gasteiger partial charge is 0.341 e. The van der Waals surface area contributed by atoms with Crippen LogP contribution in [0.5, 0.6) is 5.75 Å². The number of carbonyl (C=O) groups is 2. The van der Waals surface area contributed by atoms with E-state index in [-0.39, 0.29) is 18.1 Å². The van der Waals surface area contributed by atoms with Gasteiger partial charge in [-0.25, -0.2) is 4.79 Å². The van der Waals surface area contributed by atoms with E-state index >= 15 is 0 Å². The monoisotopic (exact) mass is 409 g/mol. The molecule has 1 saturated carbocycles. The fourth-order valence-corrected chi connectivity index (χ4v) is 4.36. The van der Waals surface area contributed by atoms with Gasteiger partial charge in [0.15, 0.2) is 0 Å². The quantitative estimate of drug-likeness (QED) is 0.723. The highest BCUT2D eigenvalue weighted by atomic mass is 35.5.